The van der Waals surface area contributed by atoms with Crippen molar-refractivity contribution >= 4 is 17.3 Å². The first-order valence-corrected chi connectivity index (χ1v) is 9.72. The Balaban J connectivity index is 1.46. The van der Waals surface area contributed by atoms with Crippen LogP contribution < -0.4 is 19.7 Å². The summed E-state index contributed by atoms with van der Waals surface area (Å²) < 4.78 is 10.6. The molecule has 29 heavy (non-hydrogen) atoms. The molecule has 5 heteroatoms. The van der Waals surface area contributed by atoms with Gasteiger partial charge in [-0.15, -0.1) is 0 Å². The number of anilines is 2. The number of rotatable bonds is 6. The Hall–Kier alpha value is -3.47. The Labute approximate surface area is 170 Å². The maximum absolute atomic E-state index is 12.6. The van der Waals surface area contributed by atoms with Gasteiger partial charge in [-0.25, -0.2) is 0 Å². The zero-order valence-electron chi connectivity index (χ0n) is 16.6. The number of fused-ring (bicyclic) bond motifs is 1. The van der Waals surface area contributed by atoms with Crippen LogP contribution in [0.4, 0.5) is 11.4 Å². The van der Waals surface area contributed by atoms with E-state index in [1.807, 2.05) is 30.3 Å². The van der Waals surface area contributed by atoms with Crippen molar-refractivity contribution in [3.8, 4) is 11.5 Å². The Kier molecular flexibility index (Phi) is 5.38. The van der Waals surface area contributed by atoms with Gasteiger partial charge in [-0.3, -0.25) is 4.79 Å². The first kappa shape index (κ1) is 18.9. The van der Waals surface area contributed by atoms with Crippen molar-refractivity contribution < 1.29 is 14.3 Å². The first-order valence-electron chi connectivity index (χ1n) is 9.72. The maximum Gasteiger partial charge on any atom is 0.255 e. The molecule has 0 atom stereocenters. The fourth-order valence-corrected chi connectivity index (χ4v) is 3.33. The molecule has 3 aromatic carbocycles. The Bertz CT molecular complexity index is 985. The lowest BCUT2D eigenvalue weighted by Crippen LogP contribution is -2.30. The molecule has 0 bridgehead atoms. The average molecular weight is 388 g/mol. The summed E-state index contributed by atoms with van der Waals surface area (Å²) >= 11 is 0. The summed E-state index contributed by atoms with van der Waals surface area (Å²) in [6, 6.07) is 23.9. The van der Waals surface area contributed by atoms with Crippen LogP contribution in [0.2, 0.25) is 0 Å². The van der Waals surface area contributed by atoms with Crippen molar-refractivity contribution in [3.63, 3.8) is 0 Å². The quantitative estimate of drug-likeness (QED) is 0.640. The molecule has 0 saturated heterocycles. The van der Waals surface area contributed by atoms with Gasteiger partial charge in [0, 0.05) is 29.5 Å². The molecule has 1 aliphatic rings. The molecule has 1 heterocycles. The lowest BCUT2D eigenvalue weighted by Gasteiger charge is -2.29. The molecule has 5 nitrogen and oxygen atoms in total. The number of hydrogen-bond acceptors (Lipinski definition) is 4. The summed E-state index contributed by atoms with van der Waals surface area (Å²) in [6.45, 7) is 5.38. The number of ether oxygens (including phenoxy) is 2. The largest absolute Gasteiger partial charge is 0.454 e. The molecular formula is C24H24N2O3. The Morgan fingerprint density at radius 3 is 2.41 bits per heavy atom. The number of nitrogens with zero attached hydrogens (tertiary/aromatic N) is 1. The van der Waals surface area contributed by atoms with Crippen LogP contribution >= 0.6 is 0 Å². The highest BCUT2D eigenvalue weighted by Gasteiger charge is 2.17. The normalized spacial score (nSPS) is 12.1. The van der Waals surface area contributed by atoms with Gasteiger partial charge in [-0.2, -0.15) is 0 Å². The molecule has 148 valence electrons. The second kappa shape index (κ2) is 8.27. The van der Waals surface area contributed by atoms with E-state index in [0.29, 0.717) is 23.1 Å². The molecule has 4 rings (SSSR count). The van der Waals surface area contributed by atoms with Crippen molar-refractivity contribution in [2.75, 3.05) is 17.0 Å². The summed E-state index contributed by atoms with van der Waals surface area (Å²) in [4.78, 5) is 14.9. The van der Waals surface area contributed by atoms with Crippen LogP contribution in [-0.4, -0.2) is 18.7 Å². The highest BCUT2D eigenvalue weighted by Crippen LogP contribution is 2.32. The van der Waals surface area contributed by atoms with Crippen molar-refractivity contribution in [2.45, 2.75) is 26.4 Å². The van der Waals surface area contributed by atoms with Gasteiger partial charge in [-0.1, -0.05) is 30.3 Å². The molecule has 3 aromatic rings. The number of nitrogens with one attached hydrogen (secondary N) is 1. The number of hydrogen-bond donors (Lipinski definition) is 1. The number of amides is 1. The highest BCUT2D eigenvalue weighted by atomic mass is 16.7. The van der Waals surface area contributed by atoms with Crippen LogP contribution in [0.15, 0.2) is 72.8 Å². The van der Waals surface area contributed by atoms with Crippen LogP contribution in [0.1, 0.15) is 29.8 Å². The molecule has 0 aromatic heterocycles. The summed E-state index contributed by atoms with van der Waals surface area (Å²) in [5, 5.41) is 2.94. The molecular weight excluding hydrogens is 364 g/mol. The van der Waals surface area contributed by atoms with E-state index in [2.05, 4.69) is 48.3 Å². The van der Waals surface area contributed by atoms with E-state index in [0.717, 1.165) is 17.9 Å². The fourth-order valence-electron chi connectivity index (χ4n) is 3.33. The third-order valence-corrected chi connectivity index (χ3v) is 4.91. The van der Waals surface area contributed by atoms with Crippen LogP contribution in [0, 0.1) is 0 Å². The lowest BCUT2D eigenvalue weighted by molar-refractivity contribution is 0.102. The second-order valence-electron chi connectivity index (χ2n) is 7.28. The monoisotopic (exact) mass is 388 g/mol. The van der Waals surface area contributed by atoms with Gasteiger partial charge < -0.3 is 19.7 Å². The molecule has 0 unspecified atom stereocenters. The van der Waals surface area contributed by atoms with E-state index < -0.39 is 0 Å². The van der Waals surface area contributed by atoms with Crippen molar-refractivity contribution in [2.24, 2.45) is 0 Å². The standard InChI is InChI=1S/C24H24N2O3/c1-17(2)26(15-18-6-4-3-5-7-18)21-11-9-20(10-12-21)25-24(27)19-8-13-22-23(14-19)29-16-28-22/h3-14,17H,15-16H2,1-2H3,(H,25,27). The number of carbonyl (C=O) groups excluding carboxylic acids is 1. The summed E-state index contributed by atoms with van der Waals surface area (Å²) in [6.07, 6.45) is 0. The molecule has 1 aliphatic heterocycles. The predicted molar refractivity (Wildman–Crippen MR) is 115 cm³/mol. The topological polar surface area (TPSA) is 50.8 Å². The minimum Gasteiger partial charge on any atom is -0.454 e. The summed E-state index contributed by atoms with van der Waals surface area (Å²) in [5.41, 5.74) is 3.66. The van der Waals surface area contributed by atoms with Crippen LogP contribution in [-0.2, 0) is 6.54 Å². The SMILES string of the molecule is CC(C)N(Cc1ccccc1)c1ccc(NC(=O)c2ccc3c(c2)OCO3)cc1. The zero-order valence-corrected chi connectivity index (χ0v) is 16.6. The molecule has 0 fully saturated rings. The fraction of sp³-hybridized carbons (Fsp3) is 0.208. The molecule has 0 spiro atoms. The van der Waals surface area contributed by atoms with Gasteiger partial charge in [-0.05, 0) is 61.9 Å². The first-order chi connectivity index (χ1) is 14.1. The van der Waals surface area contributed by atoms with Crippen LogP contribution in [0.25, 0.3) is 0 Å². The molecule has 1 N–H and O–H groups in total. The van der Waals surface area contributed by atoms with Crippen molar-refractivity contribution in [1.82, 2.24) is 0 Å². The van der Waals surface area contributed by atoms with Gasteiger partial charge >= 0.3 is 0 Å². The van der Waals surface area contributed by atoms with E-state index in [9.17, 15) is 4.79 Å². The van der Waals surface area contributed by atoms with Crippen molar-refractivity contribution in [1.29, 1.82) is 0 Å². The maximum atomic E-state index is 12.6. The molecule has 0 aliphatic carbocycles. The Morgan fingerprint density at radius 1 is 0.966 bits per heavy atom. The van der Waals surface area contributed by atoms with Crippen molar-refractivity contribution in [3.05, 3.63) is 83.9 Å². The van der Waals surface area contributed by atoms with E-state index in [-0.39, 0.29) is 12.7 Å². The second-order valence-corrected chi connectivity index (χ2v) is 7.28. The van der Waals surface area contributed by atoms with Gasteiger partial charge in [0.1, 0.15) is 0 Å². The predicted octanol–water partition coefficient (Wildman–Crippen LogP) is 5.08. The zero-order chi connectivity index (χ0) is 20.2. The minimum absolute atomic E-state index is 0.180. The smallest absolute Gasteiger partial charge is 0.255 e. The lowest BCUT2D eigenvalue weighted by atomic mass is 10.1. The Morgan fingerprint density at radius 2 is 1.69 bits per heavy atom. The van der Waals surface area contributed by atoms with E-state index >= 15 is 0 Å². The summed E-state index contributed by atoms with van der Waals surface area (Å²) in [5.74, 6) is 1.08. The third-order valence-electron chi connectivity index (χ3n) is 4.91. The number of benzene rings is 3. The molecule has 0 radical (unpaired) electrons. The molecule has 0 saturated carbocycles. The van der Waals surface area contributed by atoms with Gasteiger partial charge in [0.25, 0.3) is 5.91 Å². The van der Waals surface area contributed by atoms with Gasteiger partial charge in [0.15, 0.2) is 11.5 Å². The highest BCUT2D eigenvalue weighted by molar-refractivity contribution is 6.04. The molecule has 1 amide bonds. The number of carbonyl (C=O) groups is 1. The van der Waals surface area contributed by atoms with Gasteiger partial charge in [0.05, 0.1) is 0 Å². The van der Waals surface area contributed by atoms with E-state index in [4.69, 9.17) is 9.47 Å². The van der Waals surface area contributed by atoms with Crippen LogP contribution in [0.3, 0.4) is 0 Å². The van der Waals surface area contributed by atoms with Crippen LogP contribution in [0.5, 0.6) is 11.5 Å². The van der Waals surface area contributed by atoms with Gasteiger partial charge in [0.2, 0.25) is 6.79 Å². The van der Waals surface area contributed by atoms with E-state index in [1.54, 1.807) is 18.2 Å². The third kappa shape index (κ3) is 4.35. The minimum atomic E-state index is -0.180. The summed E-state index contributed by atoms with van der Waals surface area (Å²) in [7, 11) is 0. The van der Waals surface area contributed by atoms with E-state index in [1.165, 1.54) is 5.56 Å². The average Bonchev–Trinajstić information content (AvgIpc) is 3.21.